The molecule has 4 aromatic carbocycles. The average Bonchev–Trinajstić information content (AvgIpc) is 3.50. The molecule has 0 amide bonds. The lowest BCUT2D eigenvalue weighted by Crippen LogP contribution is -1.93. The Bertz CT molecular complexity index is 1960. The van der Waals surface area contributed by atoms with Gasteiger partial charge in [-0.1, -0.05) is 48.5 Å². The average molecular weight is 487 g/mol. The largest absolute Gasteiger partial charge is 0.309 e. The summed E-state index contributed by atoms with van der Waals surface area (Å²) in [6.07, 6.45) is 7.40. The number of rotatable bonds is 3. The summed E-state index contributed by atoms with van der Waals surface area (Å²) in [6, 6.07) is 39.1. The van der Waals surface area contributed by atoms with E-state index in [-0.39, 0.29) is 0 Å². The highest BCUT2D eigenvalue weighted by atomic mass is 15.0. The molecule has 0 aliphatic carbocycles. The Morgan fingerprint density at radius 2 is 0.763 bits per heavy atom. The minimum absolute atomic E-state index is 1.12. The van der Waals surface area contributed by atoms with Gasteiger partial charge in [0, 0.05) is 57.7 Å². The fourth-order valence-corrected chi connectivity index (χ4v) is 5.85. The van der Waals surface area contributed by atoms with Crippen LogP contribution in [0.4, 0.5) is 0 Å². The summed E-state index contributed by atoms with van der Waals surface area (Å²) in [5.74, 6) is 0. The van der Waals surface area contributed by atoms with Crippen molar-refractivity contribution in [3.8, 4) is 22.5 Å². The summed E-state index contributed by atoms with van der Waals surface area (Å²) in [5, 5.41) is 4.98. The van der Waals surface area contributed by atoms with Crippen molar-refractivity contribution in [2.45, 2.75) is 0 Å². The lowest BCUT2D eigenvalue weighted by atomic mass is 10.0. The molecule has 8 rings (SSSR count). The van der Waals surface area contributed by atoms with E-state index >= 15 is 0 Å². The van der Waals surface area contributed by atoms with Crippen LogP contribution in [0.5, 0.6) is 0 Å². The second-order valence-electron chi connectivity index (χ2n) is 9.58. The van der Waals surface area contributed by atoms with E-state index in [1.807, 2.05) is 24.8 Å². The molecule has 0 bridgehead atoms. The van der Waals surface area contributed by atoms with Crippen molar-refractivity contribution in [1.29, 1.82) is 0 Å². The Morgan fingerprint density at radius 1 is 0.368 bits per heavy atom. The van der Waals surface area contributed by atoms with E-state index in [1.54, 1.807) is 0 Å². The van der Waals surface area contributed by atoms with Crippen molar-refractivity contribution in [2.24, 2.45) is 0 Å². The van der Waals surface area contributed by atoms with E-state index in [9.17, 15) is 0 Å². The Hall–Kier alpha value is -5.22. The number of aromatic nitrogens is 4. The summed E-state index contributed by atoms with van der Waals surface area (Å²) < 4.78 is 4.64. The number of para-hydroxylation sites is 2. The van der Waals surface area contributed by atoms with Gasteiger partial charge in [-0.3, -0.25) is 9.97 Å². The molecular formula is C34H22N4. The first-order valence-corrected chi connectivity index (χ1v) is 12.7. The predicted octanol–water partition coefficient (Wildman–Crippen LogP) is 8.34. The molecule has 0 unspecified atom stereocenters. The third-order valence-corrected chi connectivity index (χ3v) is 7.52. The smallest absolute Gasteiger partial charge is 0.0541 e. The summed E-state index contributed by atoms with van der Waals surface area (Å²) in [4.78, 5) is 8.44. The zero-order valence-corrected chi connectivity index (χ0v) is 20.5. The van der Waals surface area contributed by atoms with Crippen LogP contribution in [-0.2, 0) is 0 Å². The molecule has 4 nitrogen and oxygen atoms in total. The molecule has 38 heavy (non-hydrogen) atoms. The molecule has 0 spiro atoms. The zero-order valence-electron chi connectivity index (χ0n) is 20.5. The van der Waals surface area contributed by atoms with Crippen molar-refractivity contribution in [1.82, 2.24) is 19.1 Å². The summed E-state index contributed by atoms with van der Waals surface area (Å²) in [5.41, 5.74) is 9.42. The quantitative estimate of drug-likeness (QED) is 0.252. The van der Waals surface area contributed by atoms with Crippen LogP contribution in [-0.4, -0.2) is 19.1 Å². The summed E-state index contributed by atoms with van der Waals surface area (Å²) >= 11 is 0. The number of nitrogens with zero attached hydrogens (tertiary/aromatic N) is 4. The molecule has 0 saturated carbocycles. The van der Waals surface area contributed by atoms with Gasteiger partial charge >= 0.3 is 0 Å². The molecule has 0 radical (unpaired) electrons. The highest BCUT2D eigenvalue weighted by molar-refractivity contribution is 6.12. The maximum atomic E-state index is 4.22. The Kier molecular flexibility index (Phi) is 4.49. The minimum atomic E-state index is 1.12. The van der Waals surface area contributed by atoms with Gasteiger partial charge in [0.2, 0.25) is 0 Å². The molecular weight excluding hydrogens is 464 g/mol. The predicted molar refractivity (Wildman–Crippen MR) is 156 cm³/mol. The summed E-state index contributed by atoms with van der Waals surface area (Å²) in [7, 11) is 0. The number of benzene rings is 4. The first-order valence-electron chi connectivity index (χ1n) is 12.7. The molecule has 8 aromatic rings. The second-order valence-corrected chi connectivity index (χ2v) is 9.58. The third-order valence-electron chi connectivity index (χ3n) is 7.52. The van der Waals surface area contributed by atoms with Gasteiger partial charge in [-0.25, -0.2) is 0 Å². The molecule has 4 heteroatoms. The molecule has 0 fully saturated rings. The Morgan fingerprint density at radius 3 is 1.21 bits per heavy atom. The van der Waals surface area contributed by atoms with Gasteiger partial charge in [0.25, 0.3) is 0 Å². The van der Waals surface area contributed by atoms with Crippen molar-refractivity contribution in [2.75, 3.05) is 0 Å². The molecule has 0 aliphatic heterocycles. The van der Waals surface area contributed by atoms with E-state index in [0.29, 0.717) is 0 Å². The van der Waals surface area contributed by atoms with Gasteiger partial charge < -0.3 is 9.13 Å². The molecule has 0 saturated heterocycles. The van der Waals surface area contributed by atoms with Gasteiger partial charge in [-0.2, -0.15) is 0 Å². The molecule has 0 N–H and O–H groups in total. The normalized spacial score (nSPS) is 11.7. The van der Waals surface area contributed by atoms with Crippen LogP contribution in [0.15, 0.2) is 134 Å². The van der Waals surface area contributed by atoms with E-state index < -0.39 is 0 Å². The van der Waals surface area contributed by atoms with Gasteiger partial charge in [0.1, 0.15) is 0 Å². The van der Waals surface area contributed by atoms with Crippen molar-refractivity contribution >= 4 is 43.6 Å². The zero-order chi connectivity index (χ0) is 25.1. The number of hydrogen-bond donors (Lipinski definition) is 0. The topological polar surface area (TPSA) is 35.6 Å². The fraction of sp³-hybridized carbons (Fsp3) is 0. The van der Waals surface area contributed by atoms with Gasteiger partial charge in [-0.15, -0.1) is 0 Å². The second kappa shape index (κ2) is 8.15. The lowest BCUT2D eigenvalue weighted by Gasteiger charge is -2.09. The molecule has 4 heterocycles. The maximum absolute atomic E-state index is 4.22. The van der Waals surface area contributed by atoms with Crippen LogP contribution < -0.4 is 0 Å². The molecule has 0 atom stereocenters. The third kappa shape index (κ3) is 3.04. The SMILES string of the molecule is c1ccc2c(c1)c1cc(-c3ccc4c(c3)c3ccccc3n4-c3ccncc3)ccc1n2-c1ccncc1. The van der Waals surface area contributed by atoms with Crippen LogP contribution in [0.25, 0.3) is 66.1 Å². The van der Waals surface area contributed by atoms with Crippen LogP contribution >= 0.6 is 0 Å². The van der Waals surface area contributed by atoms with Gasteiger partial charge in [0.15, 0.2) is 0 Å². The monoisotopic (exact) mass is 486 g/mol. The summed E-state index contributed by atoms with van der Waals surface area (Å²) in [6.45, 7) is 0. The van der Waals surface area contributed by atoms with Crippen molar-refractivity contribution in [3.05, 3.63) is 134 Å². The van der Waals surface area contributed by atoms with Crippen molar-refractivity contribution in [3.63, 3.8) is 0 Å². The van der Waals surface area contributed by atoms with E-state index in [4.69, 9.17) is 0 Å². The van der Waals surface area contributed by atoms with Crippen LogP contribution in [0.2, 0.25) is 0 Å². The van der Waals surface area contributed by atoms with Crippen molar-refractivity contribution < 1.29 is 0 Å². The first-order chi connectivity index (χ1) is 18.9. The number of pyridine rings is 2. The van der Waals surface area contributed by atoms with Crippen LogP contribution in [0.1, 0.15) is 0 Å². The number of hydrogen-bond acceptors (Lipinski definition) is 2. The first kappa shape index (κ1) is 20.9. The lowest BCUT2D eigenvalue weighted by molar-refractivity contribution is 1.15. The maximum Gasteiger partial charge on any atom is 0.0541 e. The van der Waals surface area contributed by atoms with Gasteiger partial charge in [-0.05, 0) is 71.8 Å². The highest BCUT2D eigenvalue weighted by Gasteiger charge is 2.15. The van der Waals surface area contributed by atoms with E-state index in [0.717, 1.165) is 11.4 Å². The fourth-order valence-electron chi connectivity index (χ4n) is 5.85. The number of fused-ring (bicyclic) bond motifs is 6. The molecule has 0 aliphatic rings. The van der Waals surface area contributed by atoms with Gasteiger partial charge in [0.05, 0.1) is 22.1 Å². The van der Waals surface area contributed by atoms with Crippen LogP contribution in [0, 0.1) is 0 Å². The highest BCUT2D eigenvalue weighted by Crippen LogP contribution is 2.37. The molecule has 178 valence electrons. The van der Waals surface area contributed by atoms with E-state index in [2.05, 4.69) is 128 Å². The van der Waals surface area contributed by atoms with E-state index in [1.165, 1.54) is 54.7 Å². The standard InChI is InChI=1S/C34H22N4/c1-3-7-31-27(5-1)29-21-23(9-11-33(29)37(31)25-13-17-35-18-14-25)24-10-12-34-30(22-24)28-6-2-4-8-32(28)38(34)26-15-19-36-20-16-26/h1-22H. The molecule has 4 aromatic heterocycles. The Labute approximate surface area is 219 Å². The van der Waals surface area contributed by atoms with Crippen LogP contribution in [0.3, 0.4) is 0 Å². The minimum Gasteiger partial charge on any atom is -0.309 e. The Balaban J connectivity index is 1.36.